The molecule has 2 rings (SSSR count). The molecular weight excluding hydrogens is 365 g/mol. The summed E-state index contributed by atoms with van der Waals surface area (Å²) in [5.74, 6) is -2.08. The molecule has 1 N–H and O–H groups in total. The number of hydrogen-bond acceptors (Lipinski definition) is 3. The minimum Gasteiger partial charge on any atom is -0.449 e. The van der Waals surface area contributed by atoms with E-state index in [0.717, 1.165) is 11.6 Å². The Bertz CT molecular complexity index is 748. The van der Waals surface area contributed by atoms with Crippen LogP contribution in [-0.4, -0.2) is 18.0 Å². The van der Waals surface area contributed by atoms with E-state index in [4.69, 9.17) is 4.74 Å². The molecule has 1 amide bonds. The maximum absolute atomic E-state index is 13.7. The Hall–Kier alpha value is -2.21. The minimum atomic E-state index is -1.05. The van der Waals surface area contributed by atoms with Crippen LogP contribution < -0.4 is 5.32 Å². The number of hydrogen-bond donors (Lipinski definition) is 1. The van der Waals surface area contributed by atoms with Gasteiger partial charge in [0.1, 0.15) is 5.82 Å². The van der Waals surface area contributed by atoms with Gasteiger partial charge in [-0.2, -0.15) is 0 Å². The quantitative estimate of drug-likeness (QED) is 0.814. The summed E-state index contributed by atoms with van der Waals surface area (Å²) in [4.78, 5) is 24.0. The summed E-state index contributed by atoms with van der Waals surface area (Å²) in [5, 5.41) is 2.67. The van der Waals surface area contributed by atoms with Crippen LogP contribution in [0.3, 0.4) is 0 Å². The Labute approximate surface area is 141 Å². The lowest BCUT2D eigenvalue weighted by molar-refractivity contribution is -0.123. The van der Waals surface area contributed by atoms with E-state index < -0.39 is 23.8 Å². The van der Waals surface area contributed by atoms with Crippen molar-refractivity contribution in [2.24, 2.45) is 0 Å². The minimum absolute atomic E-state index is 0.219. The van der Waals surface area contributed by atoms with Crippen LogP contribution in [0.25, 0.3) is 0 Å². The summed E-state index contributed by atoms with van der Waals surface area (Å²) in [5.41, 5.74) is 1.30. The van der Waals surface area contributed by atoms with Crippen LogP contribution in [0, 0.1) is 12.7 Å². The molecule has 1 atom stereocenters. The number of para-hydroxylation sites is 1. The molecule has 120 valence electrons. The number of nitrogens with one attached hydrogen (secondary N) is 1. The number of anilines is 1. The number of carbonyl (C=O) groups excluding carboxylic acids is 2. The molecule has 0 aliphatic heterocycles. The van der Waals surface area contributed by atoms with Crippen molar-refractivity contribution < 1.29 is 18.7 Å². The lowest BCUT2D eigenvalue weighted by atomic mass is 10.2. The average Bonchev–Trinajstić information content (AvgIpc) is 2.49. The van der Waals surface area contributed by atoms with Gasteiger partial charge in [-0.25, -0.2) is 9.18 Å². The molecule has 0 heterocycles. The molecule has 4 nitrogen and oxygen atoms in total. The first-order valence-corrected chi connectivity index (χ1v) is 7.70. The Morgan fingerprint density at radius 2 is 1.91 bits per heavy atom. The normalized spacial score (nSPS) is 11.7. The first kappa shape index (κ1) is 17.1. The molecule has 0 aromatic heterocycles. The third kappa shape index (κ3) is 4.39. The molecule has 0 aliphatic carbocycles. The van der Waals surface area contributed by atoms with Crippen molar-refractivity contribution in [3.05, 3.63) is 63.9 Å². The molecule has 0 aliphatic rings. The Kier molecular flexibility index (Phi) is 5.50. The molecule has 1 unspecified atom stereocenters. The van der Waals surface area contributed by atoms with Crippen LogP contribution in [0.4, 0.5) is 10.1 Å². The number of benzene rings is 2. The molecule has 2 aromatic carbocycles. The standard InChI is InChI=1S/C17H15BrFNO3/c1-10-5-3-4-6-15(10)20-16(21)11(2)23-17(22)13-8-7-12(18)9-14(13)19/h3-9,11H,1-2H3,(H,20,21). The van der Waals surface area contributed by atoms with Gasteiger partial charge in [0.05, 0.1) is 5.56 Å². The molecular formula is C17H15BrFNO3. The zero-order valence-electron chi connectivity index (χ0n) is 12.6. The molecule has 0 bridgehead atoms. The molecule has 0 radical (unpaired) electrons. The molecule has 23 heavy (non-hydrogen) atoms. The Morgan fingerprint density at radius 1 is 1.22 bits per heavy atom. The van der Waals surface area contributed by atoms with E-state index in [1.165, 1.54) is 19.1 Å². The van der Waals surface area contributed by atoms with Gasteiger partial charge in [0.2, 0.25) is 0 Å². The fraction of sp³-hybridized carbons (Fsp3) is 0.176. The van der Waals surface area contributed by atoms with Crippen molar-refractivity contribution in [3.63, 3.8) is 0 Å². The zero-order chi connectivity index (χ0) is 17.0. The van der Waals surface area contributed by atoms with Gasteiger partial charge >= 0.3 is 5.97 Å². The van der Waals surface area contributed by atoms with Gasteiger partial charge in [-0.1, -0.05) is 34.1 Å². The number of amides is 1. The van der Waals surface area contributed by atoms with Gasteiger partial charge in [0.15, 0.2) is 6.10 Å². The first-order chi connectivity index (χ1) is 10.9. The van der Waals surface area contributed by atoms with Gasteiger partial charge in [-0.3, -0.25) is 4.79 Å². The highest BCUT2D eigenvalue weighted by atomic mass is 79.9. The van der Waals surface area contributed by atoms with Crippen LogP contribution in [0.15, 0.2) is 46.9 Å². The van der Waals surface area contributed by atoms with Crippen LogP contribution in [-0.2, 0) is 9.53 Å². The highest BCUT2D eigenvalue weighted by molar-refractivity contribution is 9.10. The third-order valence-corrected chi connectivity index (χ3v) is 3.70. The van der Waals surface area contributed by atoms with E-state index in [9.17, 15) is 14.0 Å². The van der Waals surface area contributed by atoms with Gasteiger partial charge in [0.25, 0.3) is 5.91 Å². The van der Waals surface area contributed by atoms with E-state index >= 15 is 0 Å². The predicted octanol–water partition coefficient (Wildman–Crippen LogP) is 4.08. The van der Waals surface area contributed by atoms with E-state index in [0.29, 0.717) is 10.2 Å². The van der Waals surface area contributed by atoms with Crippen molar-refractivity contribution in [1.82, 2.24) is 0 Å². The van der Waals surface area contributed by atoms with E-state index in [1.807, 2.05) is 19.1 Å². The van der Waals surface area contributed by atoms with E-state index in [2.05, 4.69) is 21.2 Å². The summed E-state index contributed by atoms with van der Waals surface area (Å²) in [7, 11) is 0. The molecule has 2 aromatic rings. The maximum Gasteiger partial charge on any atom is 0.341 e. The molecule has 6 heteroatoms. The topological polar surface area (TPSA) is 55.4 Å². The smallest absolute Gasteiger partial charge is 0.341 e. The number of halogens is 2. The van der Waals surface area contributed by atoms with Gasteiger partial charge in [-0.05, 0) is 43.7 Å². The van der Waals surface area contributed by atoms with Crippen LogP contribution in [0.1, 0.15) is 22.8 Å². The Morgan fingerprint density at radius 3 is 2.57 bits per heavy atom. The summed E-state index contributed by atoms with van der Waals surface area (Å²) in [6, 6.07) is 11.2. The van der Waals surface area contributed by atoms with Gasteiger partial charge < -0.3 is 10.1 Å². The molecule has 0 spiro atoms. The molecule has 0 saturated heterocycles. The fourth-order valence-corrected chi connectivity index (χ4v) is 2.21. The third-order valence-electron chi connectivity index (χ3n) is 3.21. The number of carbonyl (C=O) groups is 2. The predicted molar refractivity (Wildman–Crippen MR) is 88.8 cm³/mol. The fourth-order valence-electron chi connectivity index (χ4n) is 1.88. The summed E-state index contributed by atoms with van der Waals surface area (Å²) in [6.07, 6.45) is -1.05. The Balaban J connectivity index is 2.03. The average molecular weight is 380 g/mol. The maximum atomic E-state index is 13.7. The molecule has 0 fully saturated rings. The zero-order valence-corrected chi connectivity index (χ0v) is 14.2. The number of rotatable bonds is 4. The van der Waals surface area contributed by atoms with Crippen molar-refractivity contribution in [2.45, 2.75) is 20.0 Å². The summed E-state index contributed by atoms with van der Waals surface area (Å²) >= 11 is 3.11. The second-order valence-electron chi connectivity index (χ2n) is 4.98. The van der Waals surface area contributed by atoms with E-state index in [1.54, 1.807) is 12.1 Å². The lowest BCUT2D eigenvalue weighted by Gasteiger charge is -2.15. The van der Waals surface area contributed by atoms with Gasteiger partial charge in [-0.15, -0.1) is 0 Å². The van der Waals surface area contributed by atoms with Crippen LogP contribution in [0.2, 0.25) is 0 Å². The first-order valence-electron chi connectivity index (χ1n) is 6.91. The number of ether oxygens (including phenoxy) is 1. The second kappa shape index (κ2) is 7.37. The van der Waals surface area contributed by atoms with Gasteiger partial charge in [0, 0.05) is 10.2 Å². The largest absolute Gasteiger partial charge is 0.449 e. The van der Waals surface area contributed by atoms with Crippen LogP contribution >= 0.6 is 15.9 Å². The summed E-state index contributed by atoms with van der Waals surface area (Å²) in [6.45, 7) is 3.28. The van der Waals surface area contributed by atoms with Crippen molar-refractivity contribution >= 4 is 33.5 Å². The van der Waals surface area contributed by atoms with E-state index in [-0.39, 0.29) is 5.56 Å². The van der Waals surface area contributed by atoms with Crippen LogP contribution in [0.5, 0.6) is 0 Å². The number of esters is 1. The van der Waals surface area contributed by atoms with Crippen molar-refractivity contribution in [2.75, 3.05) is 5.32 Å². The highest BCUT2D eigenvalue weighted by Crippen LogP contribution is 2.17. The highest BCUT2D eigenvalue weighted by Gasteiger charge is 2.21. The second-order valence-corrected chi connectivity index (χ2v) is 5.89. The molecule has 0 saturated carbocycles. The monoisotopic (exact) mass is 379 g/mol. The SMILES string of the molecule is Cc1ccccc1NC(=O)C(C)OC(=O)c1ccc(Br)cc1F. The summed E-state index contributed by atoms with van der Waals surface area (Å²) < 4.78 is 19.3. The van der Waals surface area contributed by atoms with Crippen molar-refractivity contribution in [3.8, 4) is 0 Å². The van der Waals surface area contributed by atoms with Crippen molar-refractivity contribution in [1.29, 1.82) is 0 Å². The lowest BCUT2D eigenvalue weighted by Crippen LogP contribution is -2.30. The number of aryl methyl sites for hydroxylation is 1.